The van der Waals surface area contributed by atoms with Crippen molar-refractivity contribution in [2.75, 3.05) is 37.9 Å². The Bertz CT molecular complexity index is 1540. The van der Waals surface area contributed by atoms with Gasteiger partial charge in [0.1, 0.15) is 24.7 Å². The fraction of sp³-hybridized carbons (Fsp3) is 0.821. The molecule has 7 aliphatic rings. The lowest BCUT2D eigenvalue weighted by Crippen LogP contribution is -2.58. The molecule has 256 valence electrons. The van der Waals surface area contributed by atoms with Crippen LogP contribution in [0.25, 0.3) is 0 Å². The third-order valence-electron chi connectivity index (χ3n) is 11.1. The fourth-order valence-electron chi connectivity index (χ4n) is 10.2. The molecule has 46 heavy (non-hydrogen) atoms. The third kappa shape index (κ3) is 6.01. The number of hydrogen-bond donors (Lipinski definition) is 2. The summed E-state index contributed by atoms with van der Waals surface area (Å²) >= 11 is 0. The Kier molecular flexibility index (Phi) is 8.20. The monoisotopic (exact) mass is 692 g/mol. The Labute approximate surface area is 264 Å². The second-order valence-corrected chi connectivity index (χ2v) is 17.1. The summed E-state index contributed by atoms with van der Waals surface area (Å²) < 4.78 is 86.6. The Hall–Kier alpha value is -2.83. The molecule has 0 amide bonds. The van der Waals surface area contributed by atoms with Crippen molar-refractivity contribution in [3.05, 3.63) is 0 Å². The van der Waals surface area contributed by atoms with Crippen molar-refractivity contribution in [3.8, 4) is 0 Å². The van der Waals surface area contributed by atoms with Gasteiger partial charge in [-0.3, -0.25) is 18.7 Å². The van der Waals surface area contributed by atoms with Crippen LogP contribution in [-0.4, -0.2) is 99.3 Å². The number of esters is 5. The minimum Gasteiger partial charge on any atom is -0.462 e. The summed E-state index contributed by atoms with van der Waals surface area (Å²) in [5, 5.41) is 0. The standard InChI is InChI=1S/C28H36O16S2/c29-20(40-1-3-45(34,35)36)12-42-24(32)26-7-15-5-16(8-26)22(17(6-15)9-26)27-10-18-19(11-27)28(14-27,44-23(18)31)25(33)43-13-21(30)41-2-4-46(37,38)39/h15-19,22H,1-14H2,(H,34,35,36)(H,37,38,39). The van der Waals surface area contributed by atoms with E-state index in [0.717, 1.165) is 12.8 Å². The Morgan fingerprint density at radius 1 is 0.761 bits per heavy atom. The van der Waals surface area contributed by atoms with Crippen LogP contribution in [0.15, 0.2) is 0 Å². The maximum Gasteiger partial charge on any atom is 0.351 e. The highest BCUT2D eigenvalue weighted by Crippen LogP contribution is 2.75. The first kappa shape index (κ1) is 33.1. The molecule has 1 aliphatic heterocycles. The fourth-order valence-corrected chi connectivity index (χ4v) is 10.8. The van der Waals surface area contributed by atoms with E-state index in [1.165, 1.54) is 0 Å². The van der Waals surface area contributed by atoms with E-state index >= 15 is 0 Å². The molecular formula is C28H36O16S2. The van der Waals surface area contributed by atoms with Crippen LogP contribution in [0, 0.1) is 46.3 Å². The number of ether oxygens (including phenoxy) is 5. The van der Waals surface area contributed by atoms with Crippen molar-refractivity contribution in [1.29, 1.82) is 0 Å². The van der Waals surface area contributed by atoms with Crippen molar-refractivity contribution < 1.29 is 73.6 Å². The van der Waals surface area contributed by atoms with E-state index in [-0.39, 0.29) is 30.1 Å². The minimum atomic E-state index is -4.34. The molecule has 6 unspecified atom stereocenters. The highest BCUT2D eigenvalue weighted by atomic mass is 32.2. The summed E-state index contributed by atoms with van der Waals surface area (Å²) in [6, 6.07) is 0. The van der Waals surface area contributed by atoms with Crippen molar-refractivity contribution in [1.82, 2.24) is 0 Å². The SMILES string of the molecule is O=C(COC(=O)C12CC3CC(C1)C(C14CC5C(=O)OC(C(=O)OCC(=O)OCCS(=O)(=O)O)(C1)C5C4)C(C3)C2)OCCS(=O)(=O)O. The van der Waals surface area contributed by atoms with Crippen LogP contribution in [0.1, 0.15) is 51.4 Å². The summed E-state index contributed by atoms with van der Waals surface area (Å²) in [5.74, 6) is -5.68. The summed E-state index contributed by atoms with van der Waals surface area (Å²) in [5.41, 5.74) is -2.75. The van der Waals surface area contributed by atoms with E-state index in [1.54, 1.807) is 0 Å². The van der Waals surface area contributed by atoms with Gasteiger partial charge < -0.3 is 23.7 Å². The van der Waals surface area contributed by atoms with Crippen LogP contribution in [0.3, 0.4) is 0 Å². The summed E-state index contributed by atoms with van der Waals surface area (Å²) in [6.07, 6.45) is 4.79. The van der Waals surface area contributed by atoms with E-state index in [2.05, 4.69) is 0 Å². The molecule has 1 saturated heterocycles. The van der Waals surface area contributed by atoms with Crippen molar-refractivity contribution in [3.63, 3.8) is 0 Å². The molecule has 0 aromatic heterocycles. The minimum absolute atomic E-state index is 0.109. The van der Waals surface area contributed by atoms with Crippen LogP contribution < -0.4 is 0 Å². The van der Waals surface area contributed by atoms with E-state index in [0.29, 0.717) is 32.1 Å². The lowest BCUT2D eigenvalue weighted by molar-refractivity contribution is -0.191. The van der Waals surface area contributed by atoms with Crippen LogP contribution >= 0.6 is 0 Å². The van der Waals surface area contributed by atoms with Gasteiger partial charge in [0.05, 0.1) is 11.3 Å². The predicted octanol–water partition coefficient (Wildman–Crippen LogP) is 0.0892. The molecule has 6 aliphatic carbocycles. The molecule has 0 aromatic carbocycles. The van der Waals surface area contributed by atoms with Crippen LogP contribution in [-0.2, 0) is 67.9 Å². The van der Waals surface area contributed by atoms with Crippen LogP contribution in [0.5, 0.6) is 0 Å². The first-order valence-corrected chi connectivity index (χ1v) is 18.4. The second-order valence-electron chi connectivity index (χ2n) is 13.9. The van der Waals surface area contributed by atoms with Gasteiger partial charge in [0, 0.05) is 12.3 Å². The van der Waals surface area contributed by atoms with Gasteiger partial charge in [0.2, 0.25) is 5.60 Å². The quantitative estimate of drug-likeness (QED) is 0.148. The normalized spacial score (nSPS) is 38.3. The van der Waals surface area contributed by atoms with Crippen LogP contribution in [0.4, 0.5) is 0 Å². The van der Waals surface area contributed by atoms with Gasteiger partial charge in [-0.1, -0.05) is 0 Å². The number of carbonyl (C=O) groups excluding carboxylic acids is 5. The van der Waals surface area contributed by atoms with Gasteiger partial charge in [-0.25, -0.2) is 14.4 Å². The van der Waals surface area contributed by atoms with E-state index in [1.807, 2.05) is 0 Å². The molecule has 7 rings (SSSR count). The molecule has 16 nitrogen and oxygen atoms in total. The van der Waals surface area contributed by atoms with Crippen LogP contribution in [0.2, 0.25) is 0 Å². The molecule has 7 fully saturated rings. The Morgan fingerprint density at radius 2 is 1.30 bits per heavy atom. The largest absolute Gasteiger partial charge is 0.462 e. The highest BCUT2D eigenvalue weighted by Gasteiger charge is 2.78. The maximum absolute atomic E-state index is 13.4. The van der Waals surface area contributed by atoms with Crippen molar-refractivity contribution in [2.45, 2.75) is 57.0 Å². The Balaban J connectivity index is 1.10. The second kappa shape index (κ2) is 11.4. The van der Waals surface area contributed by atoms with E-state index in [4.69, 9.17) is 32.8 Å². The summed E-state index contributed by atoms with van der Waals surface area (Å²) in [4.78, 5) is 63.8. The van der Waals surface area contributed by atoms with Gasteiger partial charge in [-0.05, 0) is 74.0 Å². The molecule has 18 heteroatoms. The first-order chi connectivity index (χ1) is 21.4. The average molecular weight is 693 g/mol. The van der Waals surface area contributed by atoms with Crippen molar-refractivity contribution in [2.24, 2.45) is 46.3 Å². The average Bonchev–Trinajstić information content (AvgIpc) is 3.52. The molecule has 0 radical (unpaired) electrons. The third-order valence-corrected chi connectivity index (χ3v) is 12.5. The zero-order chi connectivity index (χ0) is 33.3. The molecule has 6 saturated carbocycles. The smallest absolute Gasteiger partial charge is 0.351 e. The molecule has 2 N–H and O–H groups in total. The summed E-state index contributed by atoms with van der Waals surface area (Å²) in [7, 11) is -8.65. The molecule has 6 atom stereocenters. The molecule has 0 spiro atoms. The van der Waals surface area contributed by atoms with Gasteiger partial charge >= 0.3 is 29.8 Å². The number of carbonyl (C=O) groups is 5. The lowest BCUT2D eigenvalue weighted by atomic mass is 9.41. The predicted molar refractivity (Wildman–Crippen MR) is 148 cm³/mol. The number of fused-ring (bicyclic) bond motifs is 2. The lowest BCUT2D eigenvalue weighted by Gasteiger charge is -2.62. The van der Waals surface area contributed by atoms with E-state index in [9.17, 15) is 40.8 Å². The highest BCUT2D eigenvalue weighted by molar-refractivity contribution is 7.86. The molecular weight excluding hydrogens is 656 g/mol. The number of rotatable bonds is 13. The van der Waals surface area contributed by atoms with Crippen molar-refractivity contribution >= 4 is 50.1 Å². The molecule has 0 aromatic rings. The first-order valence-electron chi connectivity index (χ1n) is 15.2. The molecule has 6 bridgehead atoms. The molecule has 1 heterocycles. The summed E-state index contributed by atoms with van der Waals surface area (Å²) in [6.45, 7) is -2.69. The Morgan fingerprint density at radius 3 is 1.85 bits per heavy atom. The topological polar surface area (TPSA) is 240 Å². The number of hydrogen-bond acceptors (Lipinski definition) is 14. The zero-order valence-electron chi connectivity index (χ0n) is 24.8. The van der Waals surface area contributed by atoms with Gasteiger partial charge in [0.15, 0.2) is 13.2 Å². The van der Waals surface area contributed by atoms with Gasteiger partial charge in [0.25, 0.3) is 20.2 Å². The zero-order valence-corrected chi connectivity index (χ0v) is 26.4. The maximum atomic E-state index is 13.4. The van der Waals surface area contributed by atoms with E-state index < -0.39 is 116 Å². The van der Waals surface area contributed by atoms with Gasteiger partial charge in [-0.15, -0.1) is 0 Å². The van der Waals surface area contributed by atoms with Gasteiger partial charge in [-0.2, -0.15) is 16.8 Å².